The Bertz CT molecular complexity index is 835. The molecule has 0 radical (unpaired) electrons. The summed E-state index contributed by atoms with van der Waals surface area (Å²) in [6.07, 6.45) is 1.10. The van der Waals surface area contributed by atoms with Gasteiger partial charge in [0.05, 0.1) is 6.42 Å². The normalized spacial score (nSPS) is 11.8. The van der Waals surface area contributed by atoms with Crippen LogP contribution in [0.2, 0.25) is 5.02 Å². The van der Waals surface area contributed by atoms with Crippen molar-refractivity contribution in [3.05, 3.63) is 69.7 Å². The Labute approximate surface area is 172 Å². The summed E-state index contributed by atoms with van der Waals surface area (Å²) in [7, 11) is 0. The molecule has 1 atom stereocenters. The van der Waals surface area contributed by atoms with E-state index in [9.17, 15) is 9.59 Å². The van der Waals surface area contributed by atoms with Crippen molar-refractivity contribution in [2.24, 2.45) is 0 Å². The minimum absolute atomic E-state index is 0.0900. The van der Waals surface area contributed by atoms with Crippen LogP contribution in [0.4, 0.5) is 0 Å². The van der Waals surface area contributed by atoms with Crippen LogP contribution >= 0.6 is 11.6 Å². The number of hydrogen-bond acceptors (Lipinski definition) is 2. The van der Waals surface area contributed by atoms with Crippen molar-refractivity contribution >= 4 is 23.4 Å². The van der Waals surface area contributed by atoms with Gasteiger partial charge in [0.25, 0.3) is 0 Å². The molecule has 150 valence electrons. The number of carbonyl (C=O) groups is 2. The van der Waals surface area contributed by atoms with Gasteiger partial charge in [0.15, 0.2) is 0 Å². The summed E-state index contributed by atoms with van der Waals surface area (Å²) in [6, 6.07) is 12.9. The van der Waals surface area contributed by atoms with Crippen molar-refractivity contribution in [1.29, 1.82) is 0 Å². The maximum Gasteiger partial charge on any atom is 0.242 e. The van der Waals surface area contributed by atoms with Crippen molar-refractivity contribution in [3.63, 3.8) is 0 Å². The third-order valence-corrected chi connectivity index (χ3v) is 5.23. The van der Waals surface area contributed by atoms with Gasteiger partial charge in [0, 0.05) is 18.1 Å². The standard InChI is InChI=1S/C23H29ClN2O2/c1-5-12-25-23(28)18(4)26(15-19-8-6-7-9-21(19)24)22(27)14-20-13-16(2)10-11-17(20)3/h6-11,13,18H,5,12,14-15H2,1-4H3,(H,25,28)/t18-/m1/s1. The Morgan fingerprint density at radius 1 is 1.11 bits per heavy atom. The molecule has 0 aliphatic rings. The lowest BCUT2D eigenvalue weighted by Gasteiger charge is -2.29. The smallest absolute Gasteiger partial charge is 0.242 e. The van der Waals surface area contributed by atoms with Crippen LogP contribution in [0, 0.1) is 13.8 Å². The van der Waals surface area contributed by atoms with Crippen LogP contribution in [-0.2, 0) is 22.6 Å². The molecular weight excluding hydrogens is 372 g/mol. The minimum Gasteiger partial charge on any atom is -0.354 e. The predicted molar refractivity (Wildman–Crippen MR) is 114 cm³/mol. The molecule has 0 unspecified atom stereocenters. The number of benzene rings is 2. The largest absolute Gasteiger partial charge is 0.354 e. The first-order valence-corrected chi connectivity index (χ1v) is 10.1. The lowest BCUT2D eigenvalue weighted by atomic mass is 10.0. The summed E-state index contributed by atoms with van der Waals surface area (Å²) in [6.45, 7) is 8.66. The van der Waals surface area contributed by atoms with Crippen LogP contribution in [0.25, 0.3) is 0 Å². The number of rotatable bonds is 8. The molecule has 0 saturated heterocycles. The van der Waals surface area contributed by atoms with E-state index in [2.05, 4.69) is 5.32 Å². The summed E-state index contributed by atoms with van der Waals surface area (Å²) in [5, 5.41) is 3.48. The summed E-state index contributed by atoms with van der Waals surface area (Å²) in [5.41, 5.74) is 3.99. The van der Waals surface area contributed by atoms with Gasteiger partial charge in [0.2, 0.25) is 11.8 Å². The average Bonchev–Trinajstić information content (AvgIpc) is 2.67. The van der Waals surface area contributed by atoms with Crippen molar-refractivity contribution in [3.8, 4) is 0 Å². The van der Waals surface area contributed by atoms with Gasteiger partial charge in [-0.1, -0.05) is 60.5 Å². The van der Waals surface area contributed by atoms with Gasteiger partial charge < -0.3 is 10.2 Å². The number of halogens is 1. The third kappa shape index (κ3) is 5.83. The van der Waals surface area contributed by atoms with E-state index < -0.39 is 6.04 Å². The van der Waals surface area contributed by atoms with E-state index in [-0.39, 0.29) is 18.2 Å². The fourth-order valence-electron chi connectivity index (χ4n) is 3.04. The topological polar surface area (TPSA) is 49.4 Å². The molecule has 0 aromatic heterocycles. The molecule has 5 heteroatoms. The number of nitrogens with one attached hydrogen (secondary N) is 1. The number of aryl methyl sites for hydroxylation is 2. The van der Waals surface area contributed by atoms with E-state index in [1.807, 2.05) is 57.2 Å². The molecule has 2 aromatic carbocycles. The van der Waals surface area contributed by atoms with Gasteiger partial charge in [-0.25, -0.2) is 0 Å². The highest BCUT2D eigenvalue weighted by atomic mass is 35.5. The van der Waals surface area contributed by atoms with E-state index in [0.29, 0.717) is 18.1 Å². The van der Waals surface area contributed by atoms with E-state index in [1.165, 1.54) is 0 Å². The highest BCUT2D eigenvalue weighted by Gasteiger charge is 2.26. The molecule has 2 aromatic rings. The quantitative estimate of drug-likeness (QED) is 0.711. The van der Waals surface area contributed by atoms with Gasteiger partial charge in [0.1, 0.15) is 6.04 Å². The van der Waals surface area contributed by atoms with E-state index in [4.69, 9.17) is 11.6 Å². The number of carbonyl (C=O) groups excluding carboxylic acids is 2. The zero-order chi connectivity index (χ0) is 20.7. The summed E-state index contributed by atoms with van der Waals surface area (Å²) < 4.78 is 0. The molecule has 0 aliphatic carbocycles. The number of amides is 2. The van der Waals surface area contributed by atoms with Crippen LogP contribution in [0.1, 0.15) is 42.5 Å². The maximum absolute atomic E-state index is 13.2. The second kappa shape index (κ2) is 10.3. The fraction of sp³-hybridized carbons (Fsp3) is 0.391. The van der Waals surface area contributed by atoms with Gasteiger partial charge in [-0.15, -0.1) is 0 Å². The third-order valence-electron chi connectivity index (χ3n) is 4.86. The zero-order valence-corrected chi connectivity index (χ0v) is 17.8. The van der Waals surface area contributed by atoms with Crippen LogP contribution in [0.3, 0.4) is 0 Å². The molecule has 1 N–H and O–H groups in total. The average molecular weight is 401 g/mol. The molecule has 4 nitrogen and oxygen atoms in total. The summed E-state index contributed by atoms with van der Waals surface area (Å²) >= 11 is 6.31. The van der Waals surface area contributed by atoms with Gasteiger partial charge in [-0.2, -0.15) is 0 Å². The zero-order valence-electron chi connectivity index (χ0n) is 17.1. The highest BCUT2D eigenvalue weighted by molar-refractivity contribution is 6.31. The molecule has 0 bridgehead atoms. The first kappa shape index (κ1) is 22.0. The first-order chi connectivity index (χ1) is 13.3. The molecule has 28 heavy (non-hydrogen) atoms. The van der Waals surface area contributed by atoms with Gasteiger partial charge in [-0.3, -0.25) is 9.59 Å². The van der Waals surface area contributed by atoms with Crippen LogP contribution < -0.4 is 5.32 Å². The van der Waals surface area contributed by atoms with Crippen LogP contribution in [0.15, 0.2) is 42.5 Å². The molecule has 0 saturated carbocycles. The maximum atomic E-state index is 13.2. The van der Waals surface area contributed by atoms with Crippen LogP contribution in [0.5, 0.6) is 0 Å². The van der Waals surface area contributed by atoms with Crippen molar-refractivity contribution in [2.75, 3.05) is 6.54 Å². The summed E-state index contributed by atoms with van der Waals surface area (Å²) in [5.74, 6) is -0.240. The van der Waals surface area contributed by atoms with Crippen LogP contribution in [-0.4, -0.2) is 29.3 Å². The highest BCUT2D eigenvalue weighted by Crippen LogP contribution is 2.20. The Hall–Kier alpha value is -2.33. The lowest BCUT2D eigenvalue weighted by Crippen LogP contribution is -2.48. The van der Waals surface area contributed by atoms with Gasteiger partial charge >= 0.3 is 0 Å². The first-order valence-electron chi connectivity index (χ1n) is 9.70. The predicted octanol–water partition coefficient (Wildman–Crippen LogP) is 4.44. The molecule has 0 fully saturated rings. The second-order valence-electron chi connectivity index (χ2n) is 7.19. The summed E-state index contributed by atoms with van der Waals surface area (Å²) in [4.78, 5) is 27.4. The minimum atomic E-state index is -0.583. The lowest BCUT2D eigenvalue weighted by molar-refractivity contribution is -0.140. The Balaban J connectivity index is 2.28. The Morgan fingerprint density at radius 2 is 1.82 bits per heavy atom. The molecule has 0 heterocycles. The van der Waals surface area contributed by atoms with Crippen molar-refractivity contribution in [1.82, 2.24) is 10.2 Å². The number of hydrogen-bond donors (Lipinski definition) is 1. The van der Waals surface area contributed by atoms with Gasteiger partial charge in [-0.05, 0) is 49.9 Å². The second-order valence-corrected chi connectivity index (χ2v) is 7.59. The molecule has 2 rings (SSSR count). The Morgan fingerprint density at radius 3 is 2.50 bits per heavy atom. The SMILES string of the molecule is CCCNC(=O)[C@@H](C)N(Cc1ccccc1Cl)C(=O)Cc1cc(C)ccc1C. The van der Waals surface area contributed by atoms with Crippen molar-refractivity contribution < 1.29 is 9.59 Å². The fourth-order valence-corrected chi connectivity index (χ4v) is 3.24. The van der Waals surface area contributed by atoms with Crippen molar-refractivity contribution in [2.45, 2.75) is 53.1 Å². The molecule has 0 spiro atoms. The Kier molecular flexibility index (Phi) is 8.06. The molecule has 2 amide bonds. The monoisotopic (exact) mass is 400 g/mol. The molecular formula is C23H29ClN2O2. The number of nitrogens with zero attached hydrogens (tertiary/aromatic N) is 1. The molecule has 0 aliphatic heterocycles. The van der Waals surface area contributed by atoms with E-state index >= 15 is 0 Å². The van der Waals surface area contributed by atoms with E-state index in [0.717, 1.165) is 28.7 Å². The van der Waals surface area contributed by atoms with E-state index in [1.54, 1.807) is 17.9 Å².